The van der Waals surface area contributed by atoms with Crippen LogP contribution in [0.5, 0.6) is 5.75 Å². The Morgan fingerprint density at radius 3 is 2.06 bits per heavy atom. The van der Waals surface area contributed by atoms with Crippen molar-refractivity contribution in [1.82, 2.24) is 14.6 Å². The Kier molecular flexibility index (Phi) is 5.96. The fraction of sp³-hybridized carbons (Fsp3) is 0.250. The summed E-state index contributed by atoms with van der Waals surface area (Å²) in [6, 6.07) is 18.2. The lowest BCUT2D eigenvalue weighted by Gasteiger charge is -2.37. The Morgan fingerprint density at radius 1 is 0.914 bits per heavy atom. The highest BCUT2D eigenvalue weighted by molar-refractivity contribution is 7.89. The van der Waals surface area contributed by atoms with Crippen LogP contribution in [0.2, 0.25) is 0 Å². The van der Waals surface area contributed by atoms with E-state index in [0.717, 1.165) is 46.1 Å². The van der Waals surface area contributed by atoms with E-state index in [4.69, 9.17) is 0 Å². The van der Waals surface area contributed by atoms with Gasteiger partial charge in [0.2, 0.25) is 10.0 Å². The molecule has 0 saturated carbocycles. The summed E-state index contributed by atoms with van der Waals surface area (Å²) in [6.45, 7) is 0.606. The van der Waals surface area contributed by atoms with Crippen LogP contribution in [-0.4, -0.2) is 49.7 Å². The van der Waals surface area contributed by atoms with E-state index in [1.165, 1.54) is 0 Å². The Hall–Kier alpha value is -3.12. The summed E-state index contributed by atoms with van der Waals surface area (Å²) in [7, 11) is -4.13. The fourth-order valence-corrected chi connectivity index (χ4v) is 5.90. The third-order valence-electron chi connectivity index (χ3n) is 6.15. The zero-order valence-corrected chi connectivity index (χ0v) is 19.1. The van der Waals surface area contributed by atoms with Crippen molar-refractivity contribution in [1.29, 1.82) is 0 Å². The molecule has 1 saturated heterocycles. The molecular weight excluding hydrogens is 483 g/mol. The minimum absolute atomic E-state index is 0.184. The van der Waals surface area contributed by atoms with Crippen LogP contribution in [0.3, 0.4) is 0 Å². The van der Waals surface area contributed by atoms with Crippen molar-refractivity contribution in [3.8, 4) is 5.75 Å². The molecule has 184 valence electrons. The molecule has 0 radical (unpaired) electrons. The van der Waals surface area contributed by atoms with Gasteiger partial charge in [-0.2, -0.15) is 0 Å². The van der Waals surface area contributed by atoms with Gasteiger partial charge in [0.1, 0.15) is 5.75 Å². The molecule has 3 aromatic carbocycles. The molecule has 0 spiro atoms. The fourth-order valence-electron chi connectivity index (χ4n) is 4.65. The average Bonchev–Trinajstić information content (AvgIpc) is 3.14. The summed E-state index contributed by atoms with van der Waals surface area (Å²) in [6.07, 6.45) is -5.95. The van der Waals surface area contributed by atoms with Crippen LogP contribution >= 0.6 is 0 Å². The van der Waals surface area contributed by atoms with Gasteiger partial charge in [0.05, 0.1) is 23.1 Å². The van der Waals surface area contributed by atoms with Gasteiger partial charge in [0, 0.05) is 34.9 Å². The van der Waals surface area contributed by atoms with Crippen LogP contribution in [0.4, 0.5) is 13.2 Å². The Balaban J connectivity index is 1.42. The molecule has 11 heteroatoms. The first-order valence-corrected chi connectivity index (χ1v) is 12.4. The average molecular weight is 506 g/mol. The molecule has 1 unspecified atom stereocenters. The number of hydrogen-bond acceptors (Lipinski definition) is 5. The topological polar surface area (TPSA) is 92.6 Å². The van der Waals surface area contributed by atoms with Crippen molar-refractivity contribution >= 4 is 31.8 Å². The number of sulfonamides is 1. The predicted molar refractivity (Wildman–Crippen MR) is 125 cm³/mol. The third-order valence-corrected chi connectivity index (χ3v) is 7.65. The van der Waals surface area contributed by atoms with Crippen LogP contribution in [-0.2, 0) is 10.0 Å². The smallest absolute Gasteiger partial charge is 0.406 e. The lowest BCUT2D eigenvalue weighted by molar-refractivity contribution is -0.274. The molecule has 0 amide bonds. The molecule has 3 N–H and O–H groups in total. The molecule has 5 rings (SSSR count). The molecule has 1 fully saturated rings. The van der Waals surface area contributed by atoms with Gasteiger partial charge in [0.25, 0.3) is 0 Å². The van der Waals surface area contributed by atoms with Gasteiger partial charge in [-0.25, -0.2) is 13.1 Å². The van der Waals surface area contributed by atoms with Crippen LogP contribution < -0.4 is 14.8 Å². The van der Waals surface area contributed by atoms with Gasteiger partial charge in [-0.15, -0.1) is 13.2 Å². The van der Waals surface area contributed by atoms with Gasteiger partial charge >= 0.3 is 6.36 Å². The number of nitrogens with zero attached hydrogens (tertiary/aromatic N) is 1. The van der Waals surface area contributed by atoms with Crippen LogP contribution in [0.1, 0.15) is 6.04 Å². The molecule has 1 aromatic heterocycles. The highest BCUT2D eigenvalue weighted by Crippen LogP contribution is 2.34. The van der Waals surface area contributed by atoms with E-state index in [-0.39, 0.29) is 11.4 Å². The maximum atomic E-state index is 12.9. The Labute approximate surface area is 199 Å². The van der Waals surface area contributed by atoms with Crippen LogP contribution in [0.15, 0.2) is 77.7 Å². The number of aromatic nitrogens is 1. The molecule has 1 aliphatic heterocycles. The van der Waals surface area contributed by atoms with E-state index >= 15 is 0 Å². The number of fused-ring (bicyclic) bond motifs is 3. The van der Waals surface area contributed by atoms with Gasteiger partial charge in [-0.3, -0.25) is 0 Å². The first-order valence-electron chi connectivity index (χ1n) is 10.9. The van der Waals surface area contributed by atoms with E-state index in [1.54, 1.807) is 0 Å². The van der Waals surface area contributed by atoms with Gasteiger partial charge < -0.3 is 19.7 Å². The number of rotatable bonds is 5. The Bertz CT molecular complexity index is 1420. The lowest BCUT2D eigenvalue weighted by atomic mass is 9.99. The summed E-state index contributed by atoms with van der Waals surface area (Å²) in [5.41, 5.74) is 1.84. The standard InChI is InChI=1S/C24H22F3N3O4S/c25-24(26,27)34-15-9-11-16(12-10-15)35(32,33)29-19-13-28-14-22(23(19)31)30-20-7-3-1-5-17(20)18-6-2-4-8-21(18)30/h1-12,19,22-23,28-29,31H,13-14H2/t19-,22?,23+/m1/s1. The first kappa shape index (κ1) is 23.6. The molecule has 4 aromatic rings. The summed E-state index contributed by atoms with van der Waals surface area (Å²) in [4.78, 5) is -0.238. The van der Waals surface area contributed by atoms with Crippen molar-refractivity contribution in [2.24, 2.45) is 0 Å². The highest BCUT2D eigenvalue weighted by Gasteiger charge is 2.37. The van der Waals surface area contributed by atoms with Crippen molar-refractivity contribution in [2.75, 3.05) is 13.1 Å². The van der Waals surface area contributed by atoms with Gasteiger partial charge in [-0.05, 0) is 36.4 Å². The number of aliphatic hydroxyl groups is 1. The summed E-state index contributed by atoms with van der Waals surface area (Å²) in [5, 5.41) is 16.5. The van der Waals surface area contributed by atoms with Crippen LogP contribution in [0.25, 0.3) is 21.8 Å². The largest absolute Gasteiger partial charge is 0.573 e. The molecule has 3 atom stereocenters. The third kappa shape index (κ3) is 4.59. The van der Waals surface area contributed by atoms with E-state index in [9.17, 15) is 26.7 Å². The number of para-hydroxylation sites is 2. The SMILES string of the molecule is O=S(=O)(N[C@@H]1CNCC(n2c3ccccc3c3ccccc32)[C@H]1O)c1ccc(OC(F)(F)F)cc1. The second-order valence-electron chi connectivity index (χ2n) is 8.37. The summed E-state index contributed by atoms with van der Waals surface area (Å²) < 4.78 is 71.4. The maximum Gasteiger partial charge on any atom is 0.573 e. The van der Waals surface area contributed by atoms with E-state index in [2.05, 4.69) is 14.8 Å². The summed E-state index contributed by atoms with van der Waals surface area (Å²) >= 11 is 0. The molecule has 7 nitrogen and oxygen atoms in total. The van der Waals surface area contributed by atoms with E-state index in [0.29, 0.717) is 6.54 Å². The van der Waals surface area contributed by atoms with Crippen molar-refractivity contribution in [2.45, 2.75) is 29.4 Å². The number of alkyl halides is 3. The van der Waals surface area contributed by atoms with Crippen molar-refractivity contribution in [3.05, 3.63) is 72.8 Å². The number of piperidine rings is 1. The van der Waals surface area contributed by atoms with Crippen molar-refractivity contribution < 1.29 is 31.4 Å². The van der Waals surface area contributed by atoms with Crippen molar-refractivity contribution in [3.63, 3.8) is 0 Å². The highest BCUT2D eigenvalue weighted by atomic mass is 32.2. The molecular formula is C24H22F3N3O4S. The number of hydrogen-bond donors (Lipinski definition) is 3. The minimum Gasteiger partial charge on any atom is -0.406 e. The second-order valence-corrected chi connectivity index (χ2v) is 10.1. The van der Waals surface area contributed by atoms with E-state index in [1.807, 2.05) is 53.1 Å². The molecule has 1 aliphatic rings. The number of nitrogens with one attached hydrogen (secondary N) is 2. The number of benzene rings is 3. The molecule has 0 bridgehead atoms. The predicted octanol–water partition coefficient (Wildman–Crippen LogP) is 3.55. The lowest BCUT2D eigenvalue weighted by Crippen LogP contribution is -2.58. The number of ether oxygens (including phenoxy) is 1. The number of halogens is 3. The molecule has 35 heavy (non-hydrogen) atoms. The van der Waals surface area contributed by atoms with Gasteiger partial charge in [-0.1, -0.05) is 36.4 Å². The minimum atomic E-state index is -4.88. The van der Waals surface area contributed by atoms with Crippen LogP contribution in [0, 0.1) is 0 Å². The quantitative estimate of drug-likeness (QED) is 0.386. The zero-order chi connectivity index (χ0) is 24.8. The first-order chi connectivity index (χ1) is 16.6. The second kappa shape index (κ2) is 8.83. The number of aliphatic hydroxyl groups excluding tert-OH is 1. The monoisotopic (exact) mass is 505 g/mol. The van der Waals surface area contributed by atoms with E-state index < -0.39 is 40.3 Å². The summed E-state index contributed by atoms with van der Waals surface area (Å²) in [5.74, 6) is -0.526. The molecule has 0 aliphatic carbocycles. The normalized spacial score (nSPS) is 21.4. The van der Waals surface area contributed by atoms with Gasteiger partial charge in [0.15, 0.2) is 0 Å². The Morgan fingerprint density at radius 2 is 1.49 bits per heavy atom. The zero-order valence-electron chi connectivity index (χ0n) is 18.2. The maximum absolute atomic E-state index is 12.9. The molecule has 2 heterocycles.